The molecule has 1 saturated heterocycles. The van der Waals surface area contributed by atoms with E-state index in [4.69, 9.17) is 44.9 Å². The molecule has 3 fully saturated rings. The quantitative estimate of drug-likeness (QED) is 0.399. The summed E-state index contributed by atoms with van der Waals surface area (Å²) in [4.78, 5) is 1.76. The molecule has 1 heterocycles. The van der Waals surface area contributed by atoms with Gasteiger partial charge in [-0.2, -0.15) is 0 Å². The van der Waals surface area contributed by atoms with Gasteiger partial charge in [0.1, 0.15) is 6.10 Å². The first-order chi connectivity index (χ1) is 9.14. The fourth-order valence-corrected chi connectivity index (χ4v) is 4.62. The van der Waals surface area contributed by atoms with Crippen LogP contribution in [0.25, 0.3) is 0 Å². The Morgan fingerprint density at radius 3 is 2.50 bits per heavy atom. The standard InChI is InChI=1S/C12H17NO2S.3ClH.Ti/c1-7(14)13-10(16)15-9-6-8-4-5-12(9,13)11(8,2)3;;;;/h8-9,14H,1,4-6H2,2-3H3;3*1H;/q;;;;+3/p-3/t8-,9-,12-;;;;/m1..../s1. The third-order valence-electron chi connectivity index (χ3n) is 5.12. The van der Waals surface area contributed by atoms with Crippen molar-refractivity contribution in [2.24, 2.45) is 11.3 Å². The van der Waals surface area contributed by atoms with Crippen molar-refractivity contribution >= 4 is 45.3 Å². The SMILES string of the molecule is C=C(O)N1C(=S)O[C@@H]2C[C@H]3CC[C@]21C3(C)C.[Cl][Ti]([Cl])[Cl]. The molecule has 3 atom stereocenters. The molecule has 0 amide bonds. The van der Waals surface area contributed by atoms with Gasteiger partial charge in [0.25, 0.3) is 5.17 Å². The summed E-state index contributed by atoms with van der Waals surface area (Å²) >= 11 is 3.30. The molecule has 0 radical (unpaired) electrons. The second-order valence-electron chi connectivity index (χ2n) is 5.96. The summed E-state index contributed by atoms with van der Waals surface area (Å²) < 4.78 is 5.76. The van der Waals surface area contributed by atoms with E-state index in [2.05, 4.69) is 20.4 Å². The van der Waals surface area contributed by atoms with Gasteiger partial charge in [-0.1, -0.05) is 13.8 Å². The predicted molar refractivity (Wildman–Crippen MR) is 82.5 cm³/mol. The molecular weight excluding hydrogens is 376 g/mol. The molecule has 1 N–H and O–H groups in total. The molecule has 0 aromatic carbocycles. The zero-order chi connectivity index (χ0) is 15.3. The van der Waals surface area contributed by atoms with E-state index < -0.39 is 14.7 Å². The van der Waals surface area contributed by atoms with Gasteiger partial charge < -0.3 is 9.84 Å². The van der Waals surface area contributed by atoms with E-state index in [1.54, 1.807) is 4.90 Å². The van der Waals surface area contributed by atoms with Crippen molar-refractivity contribution < 1.29 is 24.5 Å². The van der Waals surface area contributed by atoms with Crippen molar-refractivity contribution in [3.63, 3.8) is 0 Å². The number of hydrogen-bond donors (Lipinski definition) is 1. The Hall–Kier alpha value is 0.814. The Kier molecular flexibility index (Phi) is 4.97. The molecule has 113 valence electrons. The molecule has 1 aliphatic heterocycles. The van der Waals surface area contributed by atoms with Gasteiger partial charge in [-0.25, -0.2) is 0 Å². The Balaban J connectivity index is 0.000000328. The molecule has 0 aromatic heterocycles. The Morgan fingerprint density at radius 2 is 2.05 bits per heavy atom. The maximum atomic E-state index is 9.78. The number of aliphatic hydroxyl groups is 1. The maximum absolute atomic E-state index is 9.78. The summed E-state index contributed by atoms with van der Waals surface area (Å²) in [5.41, 5.74) is -0.0233. The summed E-state index contributed by atoms with van der Waals surface area (Å²) in [7, 11) is 14.9. The number of nitrogens with zero attached hydrogens (tertiary/aromatic N) is 1. The predicted octanol–water partition coefficient (Wildman–Crippen LogP) is 4.65. The number of rotatable bonds is 1. The number of halogens is 3. The normalized spacial score (nSPS) is 36.0. The number of hydrogen-bond acceptors (Lipinski definition) is 3. The average Bonchev–Trinajstić information content (AvgIpc) is 2.78. The molecule has 20 heavy (non-hydrogen) atoms. The third kappa shape index (κ3) is 2.41. The zero-order valence-corrected chi connectivity index (χ0v) is 16.0. The number of fused-ring (bicyclic) bond motifs is 1. The first kappa shape index (κ1) is 17.2. The van der Waals surface area contributed by atoms with E-state index in [1.165, 1.54) is 6.42 Å². The summed E-state index contributed by atoms with van der Waals surface area (Å²) in [6.07, 6.45) is 3.42. The van der Waals surface area contributed by atoms with Gasteiger partial charge in [-0.3, -0.25) is 4.90 Å². The third-order valence-corrected chi connectivity index (χ3v) is 5.40. The van der Waals surface area contributed by atoms with Crippen LogP contribution in [-0.4, -0.2) is 26.8 Å². The molecular formula is C12H17Cl3NO2STi. The van der Waals surface area contributed by atoms with Crippen molar-refractivity contribution in [3.05, 3.63) is 12.5 Å². The van der Waals surface area contributed by atoms with Crippen LogP contribution in [-0.2, 0) is 19.4 Å². The number of aliphatic hydroxyl groups excluding tert-OH is 1. The van der Waals surface area contributed by atoms with Crippen LogP contribution < -0.4 is 0 Å². The van der Waals surface area contributed by atoms with Gasteiger partial charge in [0, 0.05) is 0 Å². The molecule has 8 heteroatoms. The Labute approximate surface area is 142 Å². The summed E-state index contributed by atoms with van der Waals surface area (Å²) in [6, 6.07) is 0. The van der Waals surface area contributed by atoms with Crippen LogP contribution in [0, 0.1) is 11.3 Å². The van der Waals surface area contributed by atoms with Crippen LogP contribution in [0.4, 0.5) is 0 Å². The van der Waals surface area contributed by atoms with E-state index in [0.29, 0.717) is 11.1 Å². The van der Waals surface area contributed by atoms with Crippen LogP contribution in [0.3, 0.4) is 0 Å². The van der Waals surface area contributed by atoms with Gasteiger partial charge in [0.15, 0.2) is 5.88 Å². The van der Waals surface area contributed by atoms with Crippen molar-refractivity contribution in [2.75, 3.05) is 0 Å². The van der Waals surface area contributed by atoms with Crippen molar-refractivity contribution in [1.82, 2.24) is 4.90 Å². The van der Waals surface area contributed by atoms with Crippen molar-refractivity contribution in [2.45, 2.75) is 44.8 Å². The van der Waals surface area contributed by atoms with Gasteiger partial charge in [0.2, 0.25) is 0 Å². The van der Waals surface area contributed by atoms with Gasteiger partial charge in [-0.05, 0) is 49.4 Å². The van der Waals surface area contributed by atoms with E-state index in [9.17, 15) is 5.11 Å². The van der Waals surface area contributed by atoms with Crippen LogP contribution >= 0.6 is 40.1 Å². The minimum atomic E-state index is -1.92. The molecule has 3 rings (SSSR count). The minimum absolute atomic E-state index is 0.0307. The summed E-state index contributed by atoms with van der Waals surface area (Å²) in [5.74, 6) is 0.700. The first-order valence-electron chi connectivity index (χ1n) is 6.36. The molecule has 2 aliphatic carbocycles. The molecule has 2 saturated carbocycles. The zero-order valence-electron chi connectivity index (χ0n) is 11.3. The van der Waals surface area contributed by atoms with Crippen LogP contribution in [0.2, 0.25) is 0 Å². The van der Waals surface area contributed by atoms with Crippen LogP contribution in [0.5, 0.6) is 0 Å². The fraction of sp³-hybridized carbons (Fsp3) is 0.750. The van der Waals surface area contributed by atoms with Gasteiger partial charge in [-0.15, -0.1) is 0 Å². The van der Waals surface area contributed by atoms with Crippen molar-refractivity contribution in [3.8, 4) is 0 Å². The first-order valence-corrected chi connectivity index (χ1v) is 13.2. The number of ether oxygens (including phenoxy) is 1. The monoisotopic (exact) mass is 392 g/mol. The van der Waals surface area contributed by atoms with E-state index >= 15 is 0 Å². The summed E-state index contributed by atoms with van der Waals surface area (Å²) in [5, 5.41) is 10.2. The molecule has 3 nitrogen and oxygen atoms in total. The summed E-state index contributed by atoms with van der Waals surface area (Å²) in [6.45, 7) is 8.16. The second kappa shape index (κ2) is 5.79. The van der Waals surface area contributed by atoms with Crippen molar-refractivity contribution in [1.29, 1.82) is 0 Å². The Morgan fingerprint density at radius 1 is 1.50 bits per heavy atom. The molecule has 3 aliphatic rings. The van der Waals surface area contributed by atoms with Crippen LogP contribution in [0.15, 0.2) is 12.5 Å². The average molecular weight is 394 g/mol. The van der Waals surface area contributed by atoms with E-state index in [1.807, 2.05) is 0 Å². The topological polar surface area (TPSA) is 32.7 Å². The van der Waals surface area contributed by atoms with Gasteiger partial charge >= 0.3 is 42.6 Å². The van der Waals surface area contributed by atoms with Crippen LogP contribution in [0.1, 0.15) is 33.1 Å². The second-order valence-corrected chi connectivity index (χ2v) is 14.0. The molecule has 2 bridgehead atoms. The Bertz CT molecular complexity index is 446. The van der Waals surface area contributed by atoms with E-state index in [0.717, 1.165) is 12.8 Å². The molecule has 0 unspecified atom stereocenters. The molecule has 1 spiro atoms. The van der Waals surface area contributed by atoms with Gasteiger partial charge in [0.05, 0.1) is 5.54 Å². The molecule has 0 aromatic rings. The van der Waals surface area contributed by atoms with E-state index in [-0.39, 0.29) is 22.9 Å². The number of thiocarbonyl (C=S) groups is 1. The fourth-order valence-electron chi connectivity index (χ4n) is 4.24.